The fourth-order valence-electron chi connectivity index (χ4n) is 6.83. The molecule has 0 saturated carbocycles. The highest BCUT2D eigenvalue weighted by Gasteiger charge is 2.35. The Balaban J connectivity index is 1.53. The molecule has 9 rings (SSSR count). The number of fused-ring (bicyclic) bond motifs is 8. The maximum Gasteiger partial charge on any atom is 0.135 e. The Kier molecular flexibility index (Phi) is 3.28. The molecule has 7 aromatic carbocycles. The Morgan fingerprint density at radius 2 is 1.10 bits per heavy atom. The molecule has 0 saturated heterocycles. The summed E-state index contributed by atoms with van der Waals surface area (Å²) in [7, 11) is 0. The van der Waals surface area contributed by atoms with Crippen LogP contribution in [0.25, 0.3) is 76.9 Å². The molecule has 0 radical (unpaired) electrons. The van der Waals surface area contributed by atoms with E-state index < -0.39 is 29.6 Å². The summed E-state index contributed by atoms with van der Waals surface area (Å²) < 4.78 is 88.2. The van der Waals surface area contributed by atoms with Crippen molar-refractivity contribution in [3.05, 3.63) is 144 Å². The third kappa shape index (κ3) is 3.14. The Hall–Kier alpha value is -5.14. The molecule has 8 aromatic rings. The van der Waals surface area contributed by atoms with Gasteiger partial charge in [0.15, 0.2) is 0 Å². The van der Waals surface area contributed by atoms with Crippen LogP contribution < -0.4 is 0 Å². The molecule has 0 N–H and O–H groups in total. The molecule has 42 heavy (non-hydrogen) atoms. The molecule has 0 aliphatic heterocycles. The second-order valence-corrected chi connectivity index (χ2v) is 11.4. The van der Waals surface area contributed by atoms with Crippen molar-refractivity contribution < 1.29 is 16.8 Å². The SMILES string of the molecule is [2H]c1c(-c2c3c([2H])c([2H])c([2H])c([2H])c3c(-c3ccc4oc5ccccc5c4c3)c3c([2H])c([2H])c([2H])c([2H])c23)ccc2c1-c1ccccc1C2(C)C. The summed E-state index contributed by atoms with van der Waals surface area (Å²) in [6.45, 7) is 4.20. The van der Waals surface area contributed by atoms with Crippen molar-refractivity contribution >= 4 is 43.5 Å². The van der Waals surface area contributed by atoms with E-state index >= 15 is 0 Å². The third-order valence-electron chi connectivity index (χ3n) is 8.80. The second kappa shape index (κ2) is 8.44. The Morgan fingerprint density at radius 1 is 0.524 bits per heavy atom. The van der Waals surface area contributed by atoms with Crippen LogP contribution in [0.2, 0.25) is 0 Å². The van der Waals surface area contributed by atoms with Gasteiger partial charge in [0.05, 0.1) is 12.3 Å². The molecule has 1 aromatic heterocycles. The molecule has 1 nitrogen and oxygen atoms in total. The number of furan rings is 1. The highest BCUT2D eigenvalue weighted by Crippen LogP contribution is 2.51. The van der Waals surface area contributed by atoms with E-state index in [1.807, 2.05) is 60.7 Å². The predicted molar refractivity (Wildman–Crippen MR) is 177 cm³/mol. The number of rotatable bonds is 2. The van der Waals surface area contributed by atoms with Crippen LogP contribution in [-0.2, 0) is 5.41 Å². The highest BCUT2D eigenvalue weighted by atomic mass is 16.3. The molecule has 1 heterocycles. The Bertz CT molecular complexity index is 2810. The molecule has 0 bridgehead atoms. The summed E-state index contributed by atoms with van der Waals surface area (Å²) in [5.74, 6) is 0. The zero-order valence-corrected chi connectivity index (χ0v) is 22.9. The molecular formula is C41H28O. The van der Waals surface area contributed by atoms with Crippen LogP contribution in [-0.4, -0.2) is 0 Å². The zero-order chi connectivity index (χ0) is 35.8. The van der Waals surface area contributed by atoms with Gasteiger partial charge >= 0.3 is 0 Å². The molecule has 0 spiro atoms. The first-order chi connectivity index (χ1) is 24.3. The van der Waals surface area contributed by atoms with E-state index in [1.54, 1.807) is 18.2 Å². The largest absolute Gasteiger partial charge is 0.456 e. The van der Waals surface area contributed by atoms with Crippen molar-refractivity contribution in [3.8, 4) is 33.4 Å². The summed E-state index contributed by atoms with van der Waals surface area (Å²) >= 11 is 0. The van der Waals surface area contributed by atoms with Crippen molar-refractivity contribution in [3.63, 3.8) is 0 Å². The van der Waals surface area contributed by atoms with Gasteiger partial charge in [-0.05, 0) is 90.3 Å². The molecule has 0 fully saturated rings. The summed E-state index contributed by atoms with van der Waals surface area (Å²) in [5.41, 5.74) is 5.69. The van der Waals surface area contributed by atoms with Crippen molar-refractivity contribution in [1.82, 2.24) is 0 Å². The van der Waals surface area contributed by atoms with Crippen molar-refractivity contribution in [2.75, 3.05) is 0 Å². The van der Waals surface area contributed by atoms with Gasteiger partial charge in [-0.2, -0.15) is 0 Å². The summed E-state index contributed by atoms with van der Waals surface area (Å²) in [4.78, 5) is 0. The van der Waals surface area contributed by atoms with Crippen molar-refractivity contribution in [2.24, 2.45) is 0 Å². The third-order valence-corrected chi connectivity index (χ3v) is 8.80. The Morgan fingerprint density at radius 3 is 1.83 bits per heavy atom. The number of hydrogen-bond acceptors (Lipinski definition) is 1. The zero-order valence-electron chi connectivity index (χ0n) is 31.9. The molecular weight excluding hydrogens is 508 g/mol. The minimum absolute atomic E-state index is 0.0877. The van der Waals surface area contributed by atoms with Crippen LogP contribution >= 0.6 is 0 Å². The molecule has 1 aliphatic rings. The molecule has 0 atom stereocenters. The van der Waals surface area contributed by atoms with E-state index in [4.69, 9.17) is 9.90 Å². The van der Waals surface area contributed by atoms with Gasteiger partial charge in [-0.25, -0.2) is 0 Å². The predicted octanol–water partition coefficient (Wildman–Crippen LogP) is 11.5. The van der Waals surface area contributed by atoms with Gasteiger partial charge in [-0.15, -0.1) is 0 Å². The lowest BCUT2D eigenvalue weighted by Gasteiger charge is -2.22. The quantitative estimate of drug-likeness (QED) is 0.197. The van der Waals surface area contributed by atoms with Gasteiger partial charge in [-0.3, -0.25) is 0 Å². The number of benzene rings is 7. The van der Waals surface area contributed by atoms with Crippen LogP contribution in [0.1, 0.15) is 37.3 Å². The molecule has 0 amide bonds. The van der Waals surface area contributed by atoms with Crippen LogP contribution in [0.15, 0.2) is 138 Å². The van der Waals surface area contributed by atoms with E-state index in [2.05, 4.69) is 13.8 Å². The van der Waals surface area contributed by atoms with Crippen LogP contribution in [0.4, 0.5) is 0 Å². The van der Waals surface area contributed by atoms with Crippen LogP contribution in [0, 0.1) is 0 Å². The second-order valence-electron chi connectivity index (χ2n) is 11.4. The van der Waals surface area contributed by atoms with Gasteiger partial charge in [0.2, 0.25) is 0 Å². The van der Waals surface area contributed by atoms with Gasteiger partial charge in [-0.1, -0.05) is 123 Å². The first-order valence-electron chi connectivity index (χ1n) is 18.5. The lowest BCUT2D eigenvalue weighted by Crippen LogP contribution is -2.14. The van der Waals surface area contributed by atoms with Gasteiger partial charge in [0.1, 0.15) is 11.2 Å². The highest BCUT2D eigenvalue weighted by molar-refractivity contribution is 6.22. The van der Waals surface area contributed by atoms with E-state index in [-0.39, 0.29) is 62.9 Å². The standard InChI is InChI=1S/C41H28O/c1-41(2)35-17-9-7-11-27(35)33-23-25(19-21-36(33)41)39-29-13-3-5-15-31(29)40(32-16-6-4-14-30(32)39)26-20-22-38-34(24-26)28-12-8-10-18-37(28)42-38/h3-24H,1-2H3/i3D,4D,5D,6D,13D,14D,15D,16D,23D. The van der Waals surface area contributed by atoms with E-state index in [1.165, 1.54) is 0 Å². The maximum atomic E-state index is 9.74. The summed E-state index contributed by atoms with van der Waals surface area (Å²) in [6, 6.07) is 21.4. The van der Waals surface area contributed by atoms with Crippen molar-refractivity contribution in [1.29, 1.82) is 0 Å². The molecule has 0 unspecified atom stereocenters. The van der Waals surface area contributed by atoms with Crippen LogP contribution in [0.5, 0.6) is 0 Å². The summed E-state index contributed by atoms with van der Waals surface area (Å²) in [6.07, 6.45) is 0. The number of para-hydroxylation sites is 1. The Labute approximate surface area is 257 Å². The number of hydrogen-bond donors (Lipinski definition) is 0. The fraction of sp³-hybridized carbons (Fsp3) is 0.0732. The minimum atomic E-state index is -0.477. The van der Waals surface area contributed by atoms with Gasteiger partial charge in [0.25, 0.3) is 0 Å². The average molecular weight is 546 g/mol. The van der Waals surface area contributed by atoms with E-state index in [0.29, 0.717) is 27.9 Å². The molecule has 1 aliphatic carbocycles. The average Bonchev–Trinajstić information content (AvgIpc) is 3.62. The molecule has 1 heteroatoms. The molecule has 198 valence electrons. The summed E-state index contributed by atoms with van der Waals surface area (Å²) in [5, 5.41) is 1.99. The normalized spacial score (nSPS) is 16.7. The lowest BCUT2D eigenvalue weighted by molar-refractivity contribution is 0.660. The first-order valence-corrected chi connectivity index (χ1v) is 14.0. The lowest BCUT2D eigenvalue weighted by atomic mass is 9.81. The topological polar surface area (TPSA) is 13.1 Å². The monoisotopic (exact) mass is 545 g/mol. The van der Waals surface area contributed by atoms with Gasteiger partial charge in [0, 0.05) is 16.2 Å². The van der Waals surface area contributed by atoms with E-state index in [0.717, 1.165) is 27.5 Å². The fourth-order valence-corrected chi connectivity index (χ4v) is 6.83. The van der Waals surface area contributed by atoms with Crippen LogP contribution in [0.3, 0.4) is 0 Å². The van der Waals surface area contributed by atoms with Gasteiger partial charge < -0.3 is 4.42 Å². The smallest absolute Gasteiger partial charge is 0.135 e. The first kappa shape index (κ1) is 16.3. The van der Waals surface area contributed by atoms with Crippen molar-refractivity contribution in [2.45, 2.75) is 19.3 Å². The maximum absolute atomic E-state index is 9.74. The van der Waals surface area contributed by atoms with E-state index in [9.17, 15) is 6.85 Å². The minimum Gasteiger partial charge on any atom is -0.456 e.